The Labute approximate surface area is 98.8 Å². The molecule has 15 heavy (non-hydrogen) atoms. The van der Waals surface area contributed by atoms with E-state index in [4.69, 9.17) is 0 Å². The fraction of sp³-hybridized carbons (Fsp3) is 0.500. The second-order valence-corrected chi connectivity index (χ2v) is 5.01. The molecule has 0 amide bonds. The Morgan fingerprint density at radius 3 is 2.67 bits per heavy atom. The zero-order valence-corrected chi connectivity index (χ0v) is 10.2. The molecule has 1 aliphatic heterocycles. The number of halogens is 1. The number of nitrogens with one attached hydrogen (secondary N) is 1. The van der Waals surface area contributed by atoms with Crippen molar-refractivity contribution >= 4 is 15.9 Å². The molecular formula is C12H16BrNO. The van der Waals surface area contributed by atoms with E-state index < -0.39 is 0 Å². The van der Waals surface area contributed by atoms with E-state index in [1.807, 2.05) is 12.1 Å². The van der Waals surface area contributed by atoms with E-state index >= 15 is 0 Å². The van der Waals surface area contributed by atoms with Crippen molar-refractivity contribution in [3.8, 4) is 0 Å². The van der Waals surface area contributed by atoms with Gasteiger partial charge in [-0.05, 0) is 43.1 Å². The smallest absolute Gasteiger partial charge is 0.0502 e. The van der Waals surface area contributed by atoms with Crippen LogP contribution in [0, 0.1) is 5.92 Å². The first-order chi connectivity index (χ1) is 7.31. The Bertz CT molecular complexity index is 306. The first-order valence-electron chi connectivity index (χ1n) is 5.38. The lowest BCUT2D eigenvalue weighted by Crippen LogP contribution is -2.19. The van der Waals surface area contributed by atoms with E-state index in [2.05, 4.69) is 33.4 Å². The van der Waals surface area contributed by atoms with Crippen LogP contribution in [0.2, 0.25) is 0 Å². The van der Waals surface area contributed by atoms with Crippen molar-refractivity contribution < 1.29 is 5.11 Å². The molecule has 0 radical (unpaired) electrons. The van der Waals surface area contributed by atoms with Gasteiger partial charge >= 0.3 is 0 Å². The standard InChI is InChI=1S/C12H16BrNO/c13-11-3-1-9(2-4-11)12(8-15)10-5-6-14-7-10/h1-4,10,12,14-15H,5-8H2. The monoisotopic (exact) mass is 269 g/mol. The van der Waals surface area contributed by atoms with Gasteiger partial charge in [0, 0.05) is 10.4 Å². The summed E-state index contributed by atoms with van der Waals surface area (Å²) < 4.78 is 1.09. The van der Waals surface area contributed by atoms with E-state index in [0.717, 1.165) is 17.6 Å². The van der Waals surface area contributed by atoms with Gasteiger partial charge in [0.1, 0.15) is 0 Å². The van der Waals surface area contributed by atoms with Crippen LogP contribution < -0.4 is 5.32 Å². The van der Waals surface area contributed by atoms with Gasteiger partial charge in [0.25, 0.3) is 0 Å². The quantitative estimate of drug-likeness (QED) is 0.882. The van der Waals surface area contributed by atoms with E-state index in [9.17, 15) is 5.11 Å². The number of aliphatic hydroxyl groups excluding tert-OH is 1. The lowest BCUT2D eigenvalue weighted by Gasteiger charge is -2.21. The van der Waals surface area contributed by atoms with Crippen molar-refractivity contribution in [2.75, 3.05) is 19.7 Å². The van der Waals surface area contributed by atoms with E-state index in [1.54, 1.807) is 0 Å². The molecule has 1 aromatic rings. The van der Waals surface area contributed by atoms with Crippen LogP contribution in [0.1, 0.15) is 17.9 Å². The van der Waals surface area contributed by atoms with Crippen LogP contribution in [0.3, 0.4) is 0 Å². The van der Waals surface area contributed by atoms with Gasteiger partial charge in [0.2, 0.25) is 0 Å². The summed E-state index contributed by atoms with van der Waals surface area (Å²) in [5, 5.41) is 12.8. The molecule has 2 nitrogen and oxygen atoms in total. The highest BCUT2D eigenvalue weighted by Gasteiger charge is 2.25. The summed E-state index contributed by atoms with van der Waals surface area (Å²) in [6.07, 6.45) is 1.17. The third-order valence-electron chi connectivity index (χ3n) is 3.16. The summed E-state index contributed by atoms with van der Waals surface area (Å²) in [6, 6.07) is 8.29. The van der Waals surface area contributed by atoms with Crippen LogP contribution >= 0.6 is 15.9 Å². The third-order valence-corrected chi connectivity index (χ3v) is 3.69. The summed E-state index contributed by atoms with van der Waals surface area (Å²) in [5.74, 6) is 0.865. The van der Waals surface area contributed by atoms with Gasteiger partial charge in [-0.15, -0.1) is 0 Å². The lowest BCUT2D eigenvalue weighted by molar-refractivity contribution is 0.231. The summed E-state index contributed by atoms with van der Waals surface area (Å²) in [6.45, 7) is 2.35. The summed E-state index contributed by atoms with van der Waals surface area (Å²) in [4.78, 5) is 0. The molecule has 1 fully saturated rings. The molecule has 3 heteroatoms. The fourth-order valence-corrected chi connectivity index (χ4v) is 2.52. The Morgan fingerprint density at radius 2 is 2.13 bits per heavy atom. The molecule has 0 bridgehead atoms. The predicted molar refractivity (Wildman–Crippen MR) is 64.9 cm³/mol. The molecule has 0 saturated carbocycles. The average molecular weight is 270 g/mol. The van der Waals surface area contributed by atoms with Gasteiger partial charge < -0.3 is 10.4 Å². The largest absolute Gasteiger partial charge is 0.396 e. The molecule has 2 rings (SSSR count). The first-order valence-corrected chi connectivity index (χ1v) is 6.17. The Balaban J connectivity index is 2.14. The van der Waals surface area contributed by atoms with Crippen molar-refractivity contribution in [1.82, 2.24) is 5.32 Å². The van der Waals surface area contributed by atoms with Crippen LogP contribution in [-0.2, 0) is 0 Å². The number of hydrogen-bond acceptors (Lipinski definition) is 2. The molecule has 2 N–H and O–H groups in total. The maximum Gasteiger partial charge on any atom is 0.0502 e. The summed E-state index contributed by atoms with van der Waals surface area (Å²) in [7, 11) is 0. The SMILES string of the molecule is OCC(c1ccc(Br)cc1)C1CCNC1. The maximum absolute atomic E-state index is 9.47. The minimum absolute atomic E-state index is 0.244. The molecule has 1 heterocycles. The molecule has 2 unspecified atom stereocenters. The molecule has 2 atom stereocenters. The average Bonchev–Trinajstić information content (AvgIpc) is 2.75. The maximum atomic E-state index is 9.47. The van der Waals surface area contributed by atoms with Crippen LogP contribution in [0.4, 0.5) is 0 Å². The minimum Gasteiger partial charge on any atom is -0.396 e. The van der Waals surface area contributed by atoms with Gasteiger partial charge in [0.15, 0.2) is 0 Å². The number of rotatable bonds is 3. The Hall–Kier alpha value is -0.380. The van der Waals surface area contributed by atoms with E-state index in [0.29, 0.717) is 5.92 Å². The van der Waals surface area contributed by atoms with Gasteiger partial charge in [-0.1, -0.05) is 28.1 Å². The number of hydrogen-bond donors (Lipinski definition) is 2. The highest BCUT2D eigenvalue weighted by molar-refractivity contribution is 9.10. The number of aliphatic hydroxyl groups is 1. The second kappa shape index (κ2) is 5.10. The predicted octanol–water partition coefficient (Wildman–Crippen LogP) is 2.13. The van der Waals surface area contributed by atoms with Gasteiger partial charge in [-0.25, -0.2) is 0 Å². The normalized spacial score (nSPS) is 22.9. The molecule has 82 valence electrons. The zero-order chi connectivity index (χ0) is 10.7. The highest BCUT2D eigenvalue weighted by Crippen LogP contribution is 2.29. The van der Waals surface area contributed by atoms with Crippen molar-refractivity contribution in [3.05, 3.63) is 34.3 Å². The second-order valence-electron chi connectivity index (χ2n) is 4.09. The van der Waals surface area contributed by atoms with E-state index in [1.165, 1.54) is 12.0 Å². The Kier molecular flexibility index (Phi) is 3.78. The van der Waals surface area contributed by atoms with Gasteiger partial charge in [0.05, 0.1) is 6.61 Å². The van der Waals surface area contributed by atoms with Gasteiger partial charge in [-0.3, -0.25) is 0 Å². The fourth-order valence-electron chi connectivity index (χ4n) is 2.26. The van der Waals surface area contributed by atoms with E-state index in [-0.39, 0.29) is 12.5 Å². The summed E-state index contributed by atoms with van der Waals surface area (Å²) in [5.41, 5.74) is 1.24. The topological polar surface area (TPSA) is 32.3 Å². The summed E-state index contributed by atoms with van der Waals surface area (Å²) >= 11 is 3.43. The van der Waals surface area contributed by atoms with Crippen LogP contribution in [0.25, 0.3) is 0 Å². The van der Waals surface area contributed by atoms with Crippen molar-refractivity contribution in [2.24, 2.45) is 5.92 Å². The third kappa shape index (κ3) is 2.60. The zero-order valence-electron chi connectivity index (χ0n) is 8.62. The molecule has 1 aliphatic rings. The number of benzene rings is 1. The van der Waals surface area contributed by atoms with Crippen molar-refractivity contribution in [1.29, 1.82) is 0 Å². The molecule has 0 spiro atoms. The van der Waals surface area contributed by atoms with Crippen molar-refractivity contribution in [2.45, 2.75) is 12.3 Å². The van der Waals surface area contributed by atoms with Crippen LogP contribution in [0.15, 0.2) is 28.7 Å². The molecule has 1 aromatic carbocycles. The first kappa shape index (κ1) is 11.1. The molecule has 0 aromatic heterocycles. The van der Waals surface area contributed by atoms with Crippen LogP contribution in [0.5, 0.6) is 0 Å². The lowest BCUT2D eigenvalue weighted by atomic mass is 9.86. The molecular weight excluding hydrogens is 254 g/mol. The Morgan fingerprint density at radius 1 is 1.40 bits per heavy atom. The molecule has 0 aliphatic carbocycles. The molecule has 1 saturated heterocycles. The highest BCUT2D eigenvalue weighted by atomic mass is 79.9. The van der Waals surface area contributed by atoms with Gasteiger partial charge in [-0.2, -0.15) is 0 Å². The van der Waals surface area contributed by atoms with Crippen LogP contribution in [-0.4, -0.2) is 24.8 Å². The minimum atomic E-state index is 0.244. The van der Waals surface area contributed by atoms with Crippen molar-refractivity contribution in [3.63, 3.8) is 0 Å².